The Hall–Kier alpha value is -1.10. The lowest BCUT2D eigenvalue weighted by molar-refractivity contribution is -0.902. The Kier molecular flexibility index (Phi) is 5.97. The van der Waals surface area contributed by atoms with Gasteiger partial charge >= 0.3 is 0 Å². The van der Waals surface area contributed by atoms with Crippen LogP contribution in [0.1, 0.15) is 26.7 Å². The van der Waals surface area contributed by atoms with Gasteiger partial charge in [-0.1, -0.05) is 13.8 Å². The van der Waals surface area contributed by atoms with E-state index >= 15 is 0 Å². The molecule has 1 aliphatic rings. The van der Waals surface area contributed by atoms with Crippen molar-refractivity contribution in [3.8, 4) is 0 Å². The van der Waals surface area contributed by atoms with Gasteiger partial charge in [0.25, 0.3) is 0 Å². The van der Waals surface area contributed by atoms with Gasteiger partial charge in [-0.2, -0.15) is 0 Å². The largest absolute Gasteiger partial charge is 0.350 e. The molecule has 0 unspecified atom stereocenters. The topological polar surface area (TPSA) is 53.9 Å². The van der Waals surface area contributed by atoms with Gasteiger partial charge in [0, 0.05) is 12.8 Å². The number of amides is 2. The van der Waals surface area contributed by atoms with E-state index < -0.39 is 0 Å². The Morgan fingerprint density at radius 2 is 1.82 bits per heavy atom. The molecule has 2 amide bonds. The zero-order valence-corrected chi connectivity index (χ0v) is 10.9. The third-order valence-electron chi connectivity index (χ3n) is 3.25. The molecule has 1 rings (SSSR count). The Morgan fingerprint density at radius 1 is 1.18 bits per heavy atom. The standard InChI is InChI=1S/C12H23N3O2/c1-3-11(16)13-5-6-14-7-9-15(10-8-14)12(17)4-2/h3-10H2,1-2H3,(H,13,16)/p+1. The zero-order chi connectivity index (χ0) is 12.7. The van der Waals surface area contributed by atoms with Crippen LogP contribution >= 0.6 is 0 Å². The first kappa shape index (κ1) is 14.0. The minimum atomic E-state index is 0.115. The molecule has 5 nitrogen and oxygen atoms in total. The van der Waals surface area contributed by atoms with Gasteiger partial charge in [0.15, 0.2) is 0 Å². The van der Waals surface area contributed by atoms with Gasteiger partial charge in [0.05, 0.1) is 39.3 Å². The van der Waals surface area contributed by atoms with E-state index in [0.717, 1.165) is 39.3 Å². The van der Waals surface area contributed by atoms with E-state index in [1.807, 2.05) is 18.7 Å². The van der Waals surface area contributed by atoms with Crippen molar-refractivity contribution >= 4 is 11.8 Å². The molecule has 0 aromatic carbocycles. The van der Waals surface area contributed by atoms with E-state index in [-0.39, 0.29) is 11.8 Å². The van der Waals surface area contributed by atoms with Crippen molar-refractivity contribution in [2.24, 2.45) is 0 Å². The summed E-state index contributed by atoms with van der Waals surface area (Å²) in [5, 5.41) is 2.88. The molecule has 0 aliphatic carbocycles. The van der Waals surface area contributed by atoms with E-state index in [1.165, 1.54) is 4.90 Å². The van der Waals surface area contributed by atoms with Crippen molar-refractivity contribution in [2.75, 3.05) is 39.3 Å². The zero-order valence-electron chi connectivity index (χ0n) is 10.9. The Morgan fingerprint density at radius 3 is 2.35 bits per heavy atom. The summed E-state index contributed by atoms with van der Waals surface area (Å²) in [6.45, 7) is 9.15. The Balaban J connectivity index is 2.15. The summed E-state index contributed by atoms with van der Waals surface area (Å²) in [4.78, 5) is 25.9. The molecule has 17 heavy (non-hydrogen) atoms. The smallest absolute Gasteiger partial charge is 0.222 e. The van der Waals surface area contributed by atoms with Crippen molar-refractivity contribution in [1.82, 2.24) is 10.2 Å². The molecule has 0 saturated carbocycles. The Bertz CT molecular complexity index is 258. The van der Waals surface area contributed by atoms with Crippen LogP contribution in [0.25, 0.3) is 0 Å². The maximum atomic E-state index is 11.5. The normalized spacial score (nSPS) is 16.9. The fraction of sp³-hybridized carbons (Fsp3) is 0.833. The fourth-order valence-corrected chi connectivity index (χ4v) is 2.05. The lowest BCUT2D eigenvalue weighted by Crippen LogP contribution is -3.15. The van der Waals surface area contributed by atoms with Crippen LogP contribution in [0.15, 0.2) is 0 Å². The second-order valence-electron chi connectivity index (χ2n) is 4.44. The van der Waals surface area contributed by atoms with Crippen molar-refractivity contribution in [3.63, 3.8) is 0 Å². The monoisotopic (exact) mass is 242 g/mol. The molecule has 98 valence electrons. The molecule has 0 radical (unpaired) electrons. The SMILES string of the molecule is CCC(=O)NCC[NH+]1CCN(C(=O)CC)CC1. The van der Waals surface area contributed by atoms with Gasteiger partial charge in [-0.15, -0.1) is 0 Å². The summed E-state index contributed by atoms with van der Waals surface area (Å²) in [6, 6.07) is 0. The van der Waals surface area contributed by atoms with Gasteiger partial charge in [0.1, 0.15) is 0 Å². The number of hydrogen-bond acceptors (Lipinski definition) is 2. The minimum absolute atomic E-state index is 0.115. The summed E-state index contributed by atoms with van der Waals surface area (Å²) in [6.07, 6.45) is 1.15. The number of carbonyl (C=O) groups is 2. The second-order valence-corrected chi connectivity index (χ2v) is 4.44. The highest BCUT2D eigenvalue weighted by Gasteiger charge is 2.22. The summed E-state index contributed by atoms with van der Waals surface area (Å²) in [5.41, 5.74) is 0. The molecule has 0 aromatic rings. The van der Waals surface area contributed by atoms with Crippen LogP contribution in [0.4, 0.5) is 0 Å². The van der Waals surface area contributed by atoms with Gasteiger partial charge in [-0.3, -0.25) is 9.59 Å². The van der Waals surface area contributed by atoms with Crippen molar-refractivity contribution in [3.05, 3.63) is 0 Å². The fourth-order valence-electron chi connectivity index (χ4n) is 2.05. The van der Waals surface area contributed by atoms with Crippen molar-refractivity contribution < 1.29 is 14.5 Å². The quantitative estimate of drug-likeness (QED) is 0.626. The van der Waals surface area contributed by atoms with E-state index in [2.05, 4.69) is 5.32 Å². The van der Waals surface area contributed by atoms with Crippen LogP contribution in [-0.4, -0.2) is 56.0 Å². The van der Waals surface area contributed by atoms with Gasteiger partial charge < -0.3 is 15.1 Å². The first-order valence-corrected chi connectivity index (χ1v) is 6.55. The molecule has 1 aliphatic heterocycles. The molecule has 1 saturated heterocycles. The maximum absolute atomic E-state index is 11.5. The van der Waals surface area contributed by atoms with Crippen molar-refractivity contribution in [1.29, 1.82) is 0 Å². The van der Waals surface area contributed by atoms with Gasteiger partial charge in [-0.05, 0) is 0 Å². The van der Waals surface area contributed by atoms with Crippen LogP contribution in [-0.2, 0) is 9.59 Å². The predicted molar refractivity (Wildman–Crippen MR) is 65.7 cm³/mol. The van der Waals surface area contributed by atoms with Crippen LogP contribution in [0.5, 0.6) is 0 Å². The molecule has 0 aromatic heterocycles. The lowest BCUT2D eigenvalue weighted by Gasteiger charge is -2.32. The molecule has 1 heterocycles. The van der Waals surface area contributed by atoms with E-state index in [4.69, 9.17) is 0 Å². The van der Waals surface area contributed by atoms with E-state index in [9.17, 15) is 9.59 Å². The number of piperazine rings is 1. The van der Waals surface area contributed by atoms with Gasteiger partial charge in [-0.25, -0.2) is 0 Å². The number of nitrogens with one attached hydrogen (secondary N) is 2. The predicted octanol–water partition coefficient (Wildman–Crippen LogP) is -1.35. The van der Waals surface area contributed by atoms with Crippen LogP contribution < -0.4 is 10.2 Å². The number of nitrogens with zero attached hydrogens (tertiary/aromatic N) is 1. The summed E-state index contributed by atoms with van der Waals surface area (Å²) in [5.74, 6) is 0.368. The summed E-state index contributed by atoms with van der Waals surface area (Å²) >= 11 is 0. The Labute approximate surface area is 103 Å². The third-order valence-corrected chi connectivity index (χ3v) is 3.25. The summed E-state index contributed by atoms with van der Waals surface area (Å²) in [7, 11) is 0. The average Bonchev–Trinajstić information content (AvgIpc) is 2.38. The highest BCUT2D eigenvalue weighted by Crippen LogP contribution is 1.93. The summed E-state index contributed by atoms with van der Waals surface area (Å²) < 4.78 is 0. The molecular formula is C12H24N3O2+. The third kappa shape index (κ3) is 4.73. The van der Waals surface area contributed by atoms with Crippen LogP contribution in [0.3, 0.4) is 0 Å². The molecular weight excluding hydrogens is 218 g/mol. The number of rotatable bonds is 5. The molecule has 1 fully saturated rings. The number of carbonyl (C=O) groups excluding carboxylic acids is 2. The average molecular weight is 242 g/mol. The molecule has 0 bridgehead atoms. The van der Waals surface area contributed by atoms with E-state index in [0.29, 0.717) is 12.8 Å². The first-order valence-electron chi connectivity index (χ1n) is 6.55. The number of quaternary nitrogens is 1. The lowest BCUT2D eigenvalue weighted by atomic mass is 10.3. The van der Waals surface area contributed by atoms with E-state index in [1.54, 1.807) is 0 Å². The molecule has 0 atom stereocenters. The molecule has 0 spiro atoms. The van der Waals surface area contributed by atoms with Crippen molar-refractivity contribution in [2.45, 2.75) is 26.7 Å². The second kappa shape index (κ2) is 7.27. The minimum Gasteiger partial charge on any atom is -0.350 e. The first-order chi connectivity index (χ1) is 8.17. The van der Waals surface area contributed by atoms with Crippen LogP contribution in [0.2, 0.25) is 0 Å². The molecule has 5 heteroatoms. The highest BCUT2D eigenvalue weighted by molar-refractivity contribution is 5.76. The number of hydrogen-bond donors (Lipinski definition) is 2. The maximum Gasteiger partial charge on any atom is 0.222 e. The highest BCUT2D eigenvalue weighted by atomic mass is 16.2. The van der Waals surface area contributed by atoms with Gasteiger partial charge in [0.2, 0.25) is 11.8 Å². The molecule has 2 N–H and O–H groups in total. The van der Waals surface area contributed by atoms with Crippen LogP contribution in [0, 0.1) is 0 Å².